The van der Waals surface area contributed by atoms with Crippen LogP contribution >= 0.6 is 12.4 Å². The summed E-state index contributed by atoms with van der Waals surface area (Å²) in [6.45, 7) is 4.90. The molecule has 0 aromatic heterocycles. The highest BCUT2D eigenvalue weighted by atomic mass is 35.5. The van der Waals surface area contributed by atoms with E-state index in [1.165, 1.54) is 0 Å². The van der Waals surface area contributed by atoms with Crippen molar-refractivity contribution in [3.8, 4) is 5.75 Å². The third kappa shape index (κ3) is 5.48. The van der Waals surface area contributed by atoms with Crippen molar-refractivity contribution in [1.82, 2.24) is 5.32 Å². The maximum atomic E-state index is 12.2. The van der Waals surface area contributed by atoms with Gasteiger partial charge in [0.15, 0.2) is 0 Å². The Morgan fingerprint density at radius 2 is 2.05 bits per heavy atom. The largest absolute Gasteiger partial charge is 0.491 e. The number of ether oxygens (including phenoxy) is 2. The fourth-order valence-corrected chi connectivity index (χ4v) is 2.43. The molecule has 5 nitrogen and oxygen atoms in total. The van der Waals surface area contributed by atoms with Crippen molar-refractivity contribution in [3.63, 3.8) is 0 Å². The van der Waals surface area contributed by atoms with E-state index in [0.29, 0.717) is 13.2 Å². The lowest BCUT2D eigenvalue weighted by atomic mass is 9.97. The molecule has 0 spiro atoms. The first-order valence-corrected chi connectivity index (χ1v) is 7.44. The van der Waals surface area contributed by atoms with Gasteiger partial charge in [-0.15, -0.1) is 12.4 Å². The molecular weight excluding hydrogens is 304 g/mol. The lowest BCUT2D eigenvalue weighted by molar-refractivity contribution is -0.120. The molecule has 1 aromatic rings. The van der Waals surface area contributed by atoms with Gasteiger partial charge in [0.05, 0.1) is 6.61 Å². The van der Waals surface area contributed by atoms with E-state index in [2.05, 4.69) is 10.6 Å². The van der Waals surface area contributed by atoms with Crippen molar-refractivity contribution >= 4 is 24.0 Å². The average Bonchev–Trinajstić information content (AvgIpc) is 2.51. The molecule has 0 aliphatic carbocycles. The number of aryl methyl sites for hydroxylation is 1. The molecule has 6 heteroatoms. The van der Waals surface area contributed by atoms with Gasteiger partial charge >= 0.3 is 0 Å². The van der Waals surface area contributed by atoms with Gasteiger partial charge in [-0.2, -0.15) is 0 Å². The first kappa shape index (κ1) is 18.7. The fourth-order valence-electron chi connectivity index (χ4n) is 2.43. The molecule has 1 heterocycles. The topological polar surface area (TPSA) is 59.6 Å². The number of piperidine rings is 1. The zero-order valence-electron chi connectivity index (χ0n) is 13.2. The van der Waals surface area contributed by atoms with Crippen LogP contribution in [0.4, 0.5) is 5.69 Å². The van der Waals surface area contributed by atoms with E-state index in [-0.39, 0.29) is 24.2 Å². The van der Waals surface area contributed by atoms with Gasteiger partial charge in [-0.25, -0.2) is 0 Å². The first-order valence-electron chi connectivity index (χ1n) is 7.44. The molecule has 0 saturated carbocycles. The van der Waals surface area contributed by atoms with Crippen molar-refractivity contribution in [2.24, 2.45) is 5.92 Å². The molecule has 1 saturated heterocycles. The van der Waals surface area contributed by atoms with Crippen LogP contribution in [0.25, 0.3) is 0 Å². The van der Waals surface area contributed by atoms with Crippen LogP contribution in [-0.4, -0.2) is 39.3 Å². The van der Waals surface area contributed by atoms with E-state index in [4.69, 9.17) is 9.47 Å². The second-order valence-corrected chi connectivity index (χ2v) is 5.33. The number of rotatable bonds is 6. The third-order valence-electron chi connectivity index (χ3n) is 3.72. The van der Waals surface area contributed by atoms with E-state index in [9.17, 15) is 4.79 Å². The van der Waals surface area contributed by atoms with Gasteiger partial charge in [-0.1, -0.05) is 0 Å². The molecule has 1 aromatic carbocycles. The molecule has 0 bridgehead atoms. The monoisotopic (exact) mass is 328 g/mol. The van der Waals surface area contributed by atoms with E-state index in [1.807, 2.05) is 25.1 Å². The number of halogens is 1. The number of hydrogen-bond donors (Lipinski definition) is 2. The van der Waals surface area contributed by atoms with Gasteiger partial charge in [-0.05, 0) is 56.6 Å². The van der Waals surface area contributed by atoms with Gasteiger partial charge < -0.3 is 20.1 Å². The van der Waals surface area contributed by atoms with Gasteiger partial charge in [0.1, 0.15) is 12.4 Å². The number of amides is 1. The highest BCUT2D eigenvalue weighted by Crippen LogP contribution is 2.23. The minimum Gasteiger partial charge on any atom is -0.491 e. The number of hydrogen-bond acceptors (Lipinski definition) is 4. The Balaban J connectivity index is 0.00000242. The van der Waals surface area contributed by atoms with Gasteiger partial charge in [0.25, 0.3) is 0 Å². The third-order valence-corrected chi connectivity index (χ3v) is 3.72. The number of anilines is 1. The zero-order chi connectivity index (χ0) is 15.1. The molecule has 1 amide bonds. The summed E-state index contributed by atoms with van der Waals surface area (Å²) in [7, 11) is 1.65. The van der Waals surface area contributed by atoms with Gasteiger partial charge in [0.2, 0.25) is 5.91 Å². The van der Waals surface area contributed by atoms with Gasteiger partial charge in [0, 0.05) is 18.7 Å². The molecule has 0 unspecified atom stereocenters. The first-order chi connectivity index (χ1) is 10.2. The Kier molecular flexibility index (Phi) is 8.24. The lowest BCUT2D eigenvalue weighted by Crippen LogP contribution is -2.34. The summed E-state index contributed by atoms with van der Waals surface area (Å²) in [4.78, 5) is 12.2. The number of carbonyl (C=O) groups excluding carboxylic acids is 1. The van der Waals surface area contributed by atoms with E-state index < -0.39 is 0 Å². The van der Waals surface area contributed by atoms with E-state index in [0.717, 1.165) is 42.9 Å². The second-order valence-electron chi connectivity index (χ2n) is 5.33. The highest BCUT2D eigenvalue weighted by Gasteiger charge is 2.21. The molecule has 124 valence electrons. The van der Waals surface area contributed by atoms with Crippen molar-refractivity contribution in [3.05, 3.63) is 23.8 Å². The molecule has 22 heavy (non-hydrogen) atoms. The molecule has 0 atom stereocenters. The van der Waals surface area contributed by atoms with Crippen LogP contribution in [0.3, 0.4) is 0 Å². The summed E-state index contributed by atoms with van der Waals surface area (Å²) in [5.41, 5.74) is 1.87. The normalized spacial score (nSPS) is 15.0. The van der Waals surface area contributed by atoms with Crippen molar-refractivity contribution in [2.45, 2.75) is 19.8 Å². The number of benzene rings is 1. The summed E-state index contributed by atoms with van der Waals surface area (Å²) in [5.74, 6) is 1.03. The van der Waals surface area contributed by atoms with E-state index in [1.54, 1.807) is 7.11 Å². The molecule has 1 fully saturated rings. The van der Waals surface area contributed by atoms with Crippen LogP contribution in [0, 0.1) is 12.8 Å². The SMILES string of the molecule is COCCOc1ccc(NC(=O)C2CCNCC2)c(C)c1.Cl. The van der Waals surface area contributed by atoms with E-state index >= 15 is 0 Å². The average molecular weight is 329 g/mol. The van der Waals surface area contributed by atoms with Crippen LogP contribution in [-0.2, 0) is 9.53 Å². The Bertz CT molecular complexity index is 476. The van der Waals surface area contributed by atoms with Crippen molar-refractivity contribution in [1.29, 1.82) is 0 Å². The smallest absolute Gasteiger partial charge is 0.227 e. The predicted molar refractivity (Wildman–Crippen MR) is 90.0 cm³/mol. The van der Waals surface area contributed by atoms with Crippen LogP contribution in [0.2, 0.25) is 0 Å². The zero-order valence-corrected chi connectivity index (χ0v) is 14.0. The molecule has 0 radical (unpaired) electrons. The number of nitrogens with one attached hydrogen (secondary N) is 2. The van der Waals surface area contributed by atoms with Gasteiger partial charge in [-0.3, -0.25) is 4.79 Å². The molecular formula is C16H25ClN2O3. The minimum atomic E-state index is 0. The lowest BCUT2D eigenvalue weighted by Gasteiger charge is -2.22. The predicted octanol–water partition coefficient (Wildman–Crippen LogP) is 2.38. The maximum Gasteiger partial charge on any atom is 0.227 e. The molecule has 1 aliphatic heterocycles. The van der Waals surface area contributed by atoms with Crippen LogP contribution < -0.4 is 15.4 Å². The second kappa shape index (κ2) is 9.66. The number of carbonyl (C=O) groups is 1. The highest BCUT2D eigenvalue weighted by molar-refractivity contribution is 5.93. The Hall–Kier alpha value is -1.30. The summed E-state index contributed by atoms with van der Waals surface area (Å²) in [6.07, 6.45) is 1.81. The van der Waals surface area contributed by atoms with Crippen LogP contribution in [0.5, 0.6) is 5.75 Å². The fraction of sp³-hybridized carbons (Fsp3) is 0.562. The number of methoxy groups -OCH3 is 1. The quantitative estimate of drug-likeness (QED) is 0.787. The summed E-state index contributed by atoms with van der Waals surface area (Å²) >= 11 is 0. The summed E-state index contributed by atoms with van der Waals surface area (Å²) < 4.78 is 10.5. The standard InChI is InChI=1S/C16H24N2O3.ClH/c1-12-11-14(21-10-9-20-2)3-4-15(12)18-16(19)13-5-7-17-8-6-13;/h3-4,11,13,17H,5-10H2,1-2H3,(H,18,19);1H. The van der Waals surface area contributed by atoms with Crippen molar-refractivity contribution < 1.29 is 14.3 Å². The summed E-state index contributed by atoms with van der Waals surface area (Å²) in [5, 5.41) is 6.30. The van der Waals surface area contributed by atoms with Crippen LogP contribution in [0.1, 0.15) is 18.4 Å². The van der Waals surface area contributed by atoms with Crippen LogP contribution in [0.15, 0.2) is 18.2 Å². The Morgan fingerprint density at radius 3 is 2.68 bits per heavy atom. The molecule has 2 N–H and O–H groups in total. The van der Waals surface area contributed by atoms with Crippen molar-refractivity contribution in [2.75, 3.05) is 38.7 Å². The maximum absolute atomic E-state index is 12.2. The summed E-state index contributed by atoms with van der Waals surface area (Å²) in [6, 6.07) is 5.71. The Morgan fingerprint density at radius 1 is 1.32 bits per heavy atom. The minimum absolute atomic E-state index is 0. The Labute approximate surface area is 138 Å². The molecule has 2 rings (SSSR count). The molecule has 1 aliphatic rings.